The number of furan rings is 1. The lowest BCUT2D eigenvalue weighted by Crippen LogP contribution is -2.53. The van der Waals surface area contributed by atoms with Gasteiger partial charge in [-0.2, -0.15) is 0 Å². The van der Waals surface area contributed by atoms with E-state index in [0.29, 0.717) is 30.3 Å². The van der Waals surface area contributed by atoms with Crippen molar-refractivity contribution in [1.82, 2.24) is 10.2 Å². The predicted octanol–water partition coefficient (Wildman–Crippen LogP) is 4.02. The number of barbiturate groups is 1. The molecule has 1 fully saturated rings. The van der Waals surface area contributed by atoms with Crippen LogP contribution in [0.3, 0.4) is 0 Å². The molecule has 1 aliphatic heterocycles. The van der Waals surface area contributed by atoms with Crippen LogP contribution in [-0.4, -0.2) is 36.0 Å². The molecule has 1 N–H and O–H groups in total. The average Bonchev–Trinajstić information content (AvgIpc) is 3.31. The summed E-state index contributed by atoms with van der Waals surface area (Å²) in [6, 6.07) is 15.5. The normalized spacial score (nSPS) is 14.9. The van der Waals surface area contributed by atoms with Gasteiger partial charge in [0.1, 0.15) is 36.0 Å². The molecule has 1 aliphatic rings. The van der Waals surface area contributed by atoms with Gasteiger partial charge in [-0.1, -0.05) is 18.2 Å². The quantitative estimate of drug-likeness (QED) is 0.310. The summed E-state index contributed by atoms with van der Waals surface area (Å²) in [6.45, 7) is 4.72. The largest absolute Gasteiger partial charge is 0.490 e. The summed E-state index contributed by atoms with van der Waals surface area (Å²) in [5, 5.41) is 2.19. The molecule has 4 amide bonds. The summed E-state index contributed by atoms with van der Waals surface area (Å²) in [4.78, 5) is 38.1. The maximum Gasteiger partial charge on any atom is 0.331 e. The molecule has 1 aromatic heterocycles. The number of rotatable bonds is 8. The van der Waals surface area contributed by atoms with Crippen LogP contribution in [0.2, 0.25) is 0 Å². The van der Waals surface area contributed by atoms with Gasteiger partial charge < -0.3 is 13.9 Å². The van der Waals surface area contributed by atoms with Gasteiger partial charge in [0, 0.05) is 0 Å². The Balaban J connectivity index is 1.35. The molecule has 2 heterocycles. The van der Waals surface area contributed by atoms with E-state index in [4.69, 9.17) is 13.9 Å². The highest BCUT2D eigenvalue weighted by atomic mass is 16.5. The number of amides is 4. The summed E-state index contributed by atoms with van der Waals surface area (Å²) < 4.78 is 16.6. The summed E-state index contributed by atoms with van der Waals surface area (Å²) in [7, 11) is 0. The Bertz CT molecular complexity index is 1210. The molecule has 174 valence electrons. The smallest absolute Gasteiger partial charge is 0.331 e. The van der Waals surface area contributed by atoms with E-state index < -0.39 is 17.8 Å². The topological polar surface area (TPSA) is 98.1 Å². The zero-order valence-electron chi connectivity index (χ0n) is 18.9. The second-order valence-corrected chi connectivity index (χ2v) is 7.88. The molecule has 3 aromatic rings. The number of urea groups is 1. The SMILES string of the molecule is Cc1cc(C)cc(OCCOc2ccc(/C=C3/C(=O)NC(=O)N(Cc4ccco4)C3=O)cc2)c1. The molecule has 0 radical (unpaired) electrons. The molecule has 8 nitrogen and oxygen atoms in total. The zero-order chi connectivity index (χ0) is 24.1. The first-order valence-electron chi connectivity index (χ1n) is 10.7. The van der Waals surface area contributed by atoms with Gasteiger partial charge in [0.2, 0.25) is 0 Å². The number of imide groups is 2. The second-order valence-electron chi connectivity index (χ2n) is 7.88. The van der Waals surface area contributed by atoms with Crippen LogP contribution in [0.25, 0.3) is 6.08 Å². The van der Waals surface area contributed by atoms with Gasteiger partial charge in [-0.05, 0) is 73.0 Å². The zero-order valence-corrected chi connectivity index (χ0v) is 18.9. The highest BCUT2D eigenvalue weighted by Gasteiger charge is 2.36. The van der Waals surface area contributed by atoms with Crippen LogP contribution in [0.15, 0.2) is 70.9 Å². The van der Waals surface area contributed by atoms with Crippen LogP contribution in [0, 0.1) is 13.8 Å². The Hall–Kier alpha value is -4.33. The van der Waals surface area contributed by atoms with E-state index >= 15 is 0 Å². The Morgan fingerprint density at radius 3 is 2.24 bits per heavy atom. The van der Waals surface area contributed by atoms with E-state index in [-0.39, 0.29) is 12.1 Å². The van der Waals surface area contributed by atoms with Crippen molar-refractivity contribution in [3.63, 3.8) is 0 Å². The molecule has 0 atom stereocenters. The maximum absolute atomic E-state index is 12.8. The minimum atomic E-state index is -0.782. The van der Waals surface area contributed by atoms with Gasteiger partial charge >= 0.3 is 6.03 Å². The molecule has 2 aromatic carbocycles. The average molecular weight is 460 g/mol. The Morgan fingerprint density at radius 2 is 1.59 bits per heavy atom. The maximum atomic E-state index is 12.8. The Kier molecular flexibility index (Phi) is 6.77. The Morgan fingerprint density at radius 1 is 0.912 bits per heavy atom. The van der Waals surface area contributed by atoms with Crippen LogP contribution in [0.5, 0.6) is 11.5 Å². The lowest BCUT2D eigenvalue weighted by atomic mass is 10.1. The highest BCUT2D eigenvalue weighted by molar-refractivity contribution is 6.30. The molecule has 0 unspecified atom stereocenters. The number of carbonyl (C=O) groups excluding carboxylic acids is 3. The van der Waals surface area contributed by atoms with Gasteiger partial charge in [0.15, 0.2) is 0 Å². The van der Waals surface area contributed by atoms with Crippen molar-refractivity contribution < 1.29 is 28.3 Å². The number of nitrogens with zero attached hydrogens (tertiary/aromatic N) is 1. The first-order valence-corrected chi connectivity index (χ1v) is 10.7. The minimum Gasteiger partial charge on any atom is -0.490 e. The molecule has 0 spiro atoms. The fourth-order valence-electron chi connectivity index (χ4n) is 3.56. The lowest BCUT2D eigenvalue weighted by Gasteiger charge is -2.25. The molecule has 4 rings (SSSR count). The fourth-order valence-corrected chi connectivity index (χ4v) is 3.56. The van der Waals surface area contributed by atoms with Crippen molar-refractivity contribution in [3.05, 3.63) is 88.9 Å². The first-order chi connectivity index (χ1) is 16.4. The third-order valence-electron chi connectivity index (χ3n) is 5.09. The van der Waals surface area contributed by atoms with E-state index in [9.17, 15) is 14.4 Å². The number of ether oxygens (including phenoxy) is 2. The molecule has 1 saturated heterocycles. The van der Waals surface area contributed by atoms with Crippen LogP contribution in [-0.2, 0) is 16.1 Å². The summed E-state index contributed by atoms with van der Waals surface area (Å²) in [5.41, 5.74) is 2.75. The van der Waals surface area contributed by atoms with Crippen LogP contribution in [0.4, 0.5) is 4.79 Å². The van der Waals surface area contributed by atoms with Crippen molar-refractivity contribution in [2.45, 2.75) is 20.4 Å². The number of benzene rings is 2. The Labute approximate surface area is 196 Å². The third-order valence-corrected chi connectivity index (χ3v) is 5.09. The van der Waals surface area contributed by atoms with Gasteiger partial charge in [-0.25, -0.2) is 4.79 Å². The van der Waals surface area contributed by atoms with Gasteiger partial charge in [0.25, 0.3) is 11.8 Å². The molecular formula is C26H24N2O6. The third kappa shape index (κ3) is 5.53. The summed E-state index contributed by atoms with van der Waals surface area (Å²) >= 11 is 0. The first kappa shape index (κ1) is 22.8. The van der Waals surface area contributed by atoms with Crippen LogP contribution < -0.4 is 14.8 Å². The molecule has 34 heavy (non-hydrogen) atoms. The van der Waals surface area contributed by atoms with Crippen molar-refractivity contribution in [2.75, 3.05) is 13.2 Å². The second kappa shape index (κ2) is 10.1. The number of aryl methyl sites for hydroxylation is 2. The van der Waals surface area contributed by atoms with Crippen LogP contribution in [0.1, 0.15) is 22.5 Å². The van der Waals surface area contributed by atoms with Gasteiger partial charge in [-0.15, -0.1) is 0 Å². The highest BCUT2D eigenvalue weighted by Crippen LogP contribution is 2.20. The van der Waals surface area contributed by atoms with Crippen LogP contribution >= 0.6 is 0 Å². The predicted molar refractivity (Wildman–Crippen MR) is 124 cm³/mol. The number of nitrogens with one attached hydrogen (secondary N) is 1. The number of hydrogen-bond donors (Lipinski definition) is 1. The van der Waals surface area contributed by atoms with Gasteiger partial charge in [-0.3, -0.25) is 19.8 Å². The number of hydrogen-bond acceptors (Lipinski definition) is 6. The monoisotopic (exact) mass is 460 g/mol. The number of carbonyl (C=O) groups is 3. The molecule has 0 saturated carbocycles. The van der Waals surface area contributed by atoms with E-state index in [1.54, 1.807) is 36.4 Å². The standard InChI is InChI=1S/C26H24N2O6/c1-17-12-18(2)14-22(13-17)34-11-10-33-20-7-5-19(6-8-20)15-23-24(29)27-26(31)28(25(23)30)16-21-4-3-9-32-21/h3-9,12-15H,10-11,16H2,1-2H3,(H,27,29,31)/b23-15-. The minimum absolute atomic E-state index is 0.0702. The molecule has 0 bridgehead atoms. The van der Waals surface area contributed by atoms with Gasteiger partial charge in [0.05, 0.1) is 12.8 Å². The van der Waals surface area contributed by atoms with Crippen molar-refractivity contribution in [2.24, 2.45) is 0 Å². The molecule has 8 heteroatoms. The van der Waals surface area contributed by atoms with Crippen molar-refractivity contribution in [3.8, 4) is 11.5 Å². The summed E-state index contributed by atoms with van der Waals surface area (Å²) in [6.07, 6.45) is 2.88. The molecular weight excluding hydrogens is 436 g/mol. The van der Waals surface area contributed by atoms with E-state index in [1.807, 2.05) is 26.0 Å². The fraction of sp³-hybridized carbons (Fsp3) is 0.192. The summed E-state index contributed by atoms with van der Waals surface area (Å²) in [5.74, 6) is 0.432. The molecule has 0 aliphatic carbocycles. The van der Waals surface area contributed by atoms with E-state index in [0.717, 1.165) is 21.8 Å². The lowest BCUT2D eigenvalue weighted by molar-refractivity contribution is -0.130. The van der Waals surface area contributed by atoms with E-state index in [1.165, 1.54) is 12.3 Å². The van der Waals surface area contributed by atoms with E-state index in [2.05, 4.69) is 11.4 Å². The van der Waals surface area contributed by atoms with Crippen molar-refractivity contribution >= 4 is 23.9 Å². The van der Waals surface area contributed by atoms with Crippen molar-refractivity contribution in [1.29, 1.82) is 0 Å².